The van der Waals surface area contributed by atoms with Crippen LogP contribution in [0.15, 0.2) is 10.5 Å². The van der Waals surface area contributed by atoms with E-state index >= 15 is 0 Å². The summed E-state index contributed by atoms with van der Waals surface area (Å²) in [6.45, 7) is 3.93. The maximum absolute atomic E-state index is 8.62. The lowest BCUT2D eigenvalue weighted by Gasteiger charge is -1.97. The van der Waals surface area contributed by atoms with Gasteiger partial charge < -0.3 is 5.11 Å². The van der Waals surface area contributed by atoms with Crippen LogP contribution in [0.2, 0.25) is 0 Å². The standard InChI is InChI=1S/C8H13N3OS/c1-6(3-4-12)10-11-8-9-7(2)5-13-8/h5,12H,3-4H2,1-2H3,(H,9,11)/b10-6+. The van der Waals surface area contributed by atoms with Crippen LogP contribution in [0.3, 0.4) is 0 Å². The number of anilines is 1. The van der Waals surface area contributed by atoms with E-state index < -0.39 is 0 Å². The number of nitrogens with one attached hydrogen (secondary N) is 1. The molecule has 1 heterocycles. The summed E-state index contributed by atoms with van der Waals surface area (Å²) < 4.78 is 0. The molecule has 1 aromatic heterocycles. The van der Waals surface area contributed by atoms with E-state index in [2.05, 4.69) is 15.5 Å². The molecular weight excluding hydrogens is 186 g/mol. The number of aliphatic hydroxyl groups excluding tert-OH is 1. The Labute approximate surface area is 81.3 Å². The Balaban J connectivity index is 2.46. The van der Waals surface area contributed by atoms with Crippen molar-refractivity contribution < 1.29 is 5.11 Å². The average molecular weight is 199 g/mol. The number of thiazole rings is 1. The molecule has 0 unspecified atom stereocenters. The fourth-order valence-electron chi connectivity index (χ4n) is 0.766. The predicted molar refractivity (Wildman–Crippen MR) is 55.3 cm³/mol. The minimum Gasteiger partial charge on any atom is -0.396 e. The summed E-state index contributed by atoms with van der Waals surface area (Å²) in [6.07, 6.45) is 0.595. The third-order valence-electron chi connectivity index (χ3n) is 1.44. The number of aliphatic hydroxyl groups is 1. The average Bonchev–Trinajstić information content (AvgIpc) is 2.49. The van der Waals surface area contributed by atoms with E-state index in [-0.39, 0.29) is 6.61 Å². The van der Waals surface area contributed by atoms with Gasteiger partial charge in [0.25, 0.3) is 0 Å². The highest BCUT2D eigenvalue weighted by atomic mass is 32.1. The van der Waals surface area contributed by atoms with E-state index in [1.807, 2.05) is 19.2 Å². The quantitative estimate of drug-likeness (QED) is 0.572. The van der Waals surface area contributed by atoms with Crippen molar-refractivity contribution in [1.29, 1.82) is 0 Å². The maximum atomic E-state index is 8.62. The molecule has 5 heteroatoms. The zero-order chi connectivity index (χ0) is 9.68. The molecule has 13 heavy (non-hydrogen) atoms. The minimum atomic E-state index is 0.133. The lowest BCUT2D eigenvalue weighted by molar-refractivity contribution is 0.307. The van der Waals surface area contributed by atoms with Crippen LogP contribution < -0.4 is 5.43 Å². The highest BCUT2D eigenvalue weighted by Crippen LogP contribution is 2.13. The molecule has 4 nitrogen and oxygen atoms in total. The fraction of sp³-hybridized carbons (Fsp3) is 0.500. The number of hydrogen-bond donors (Lipinski definition) is 2. The van der Waals surface area contributed by atoms with Crippen LogP contribution in [-0.2, 0) is 0 Å². The number of aromatic nitrogens is 1. The van der Waals surface area contributed by atoms with Gasteiger partial charge in [-0.1, -0.05) is 0 Å². The van der Waals surface area contributed by atoms with Crippen molar-refractivity contribution in [2.75, 3.05) is 12.0 Å². The minimum absolute atomic E-state index is 0.133. The van der Waals surface area contributed by atoms with E-state index in [0.717, 1.165) is 16.5 Å². The van der Waals surface area contributed by atoms with E-state index in [1.54, 1.807) is 0 Å². The molecule has 0 bridgehead atoms. The summed E-state index contributed by atoms with van der Waals surface area (Å²) in [5.41, 5.74) is 4.69. The van der Waals surface area contributed by atoms with Gasteiger partial charge in [-0.15, -0.1) is 11.3 Å². The smallest absolute Gasteiger partial charge is 0.203 e. The third-order valence-corrected chi connectivity index (χ3v) is 2.30. The lowest BCUT2D eigenvalue weighted by Crippen LogP contribution is -1.99. The number of rotatable bonds is 4. The van der Waals surface area contributed by atoms with Crippen molar-refractivity contribution >= 4 is 22.2 Å². The van der Waals surface area contributed by atoms with E-state index in [9.17, 15) is 0 Å². The highest BCUT2D eigenvalue weighted by molar-refractivity contribution is 7.13. The van der Waals surface area contributed by atoms with Gasteiger partial charge in [0, 0.05) is 24.1 Å². The van der Waals surface area contributed by atoms with E-state index in [4.69, 9.17) is 5.11 Å². The van der Waals surface area contributed by atoms with Gasteiger partial charge in [-0.25, -0.2) is 4.98 Å². The molecule has 1 rings (SSSR count). The van der Waals surface area contributed by atoms with Crippen molar-refractivity contribution in [3.8, 4) is 0 Å². The second-order valence-corrected chi connectivity index (χ2v) is 3.58. The molecule has 2 N–H and O–H groups in total. The molecule has 0 atom stereocenters. The van der Waals surface area contributed by atoms with Crippen molar-refractivity contribution in [2.45, 2.75) is 20.3 Å². The topological polar surface area (TPSA) is 57.5 Å². The van der Waals surface area contributed by atoms with Crippen LogP contribution in [0.5, 0.6) is 0 Å². The normalized spacial score (nSPS) is 11.8. The Morgan fingerprint density at radius 1 is 1.77 bits per heavy atom. The van der Waals surface area contributed by atoms with Gasteiger partial charge in [-0.2, -0.15) is 5.10 Å². The number of aryl methyl sites for hydroxylation is 1. The molecule has 0 spiro atoms. The first-order valence-corrected chi connectivity index (χ1v) is 4.92. The van der Waals surface area contributed by atoms with Crippen molar-refractivity contribution in [1.82, 2.24) is 4.98 Å². The Bertz CT molecular complexity index is 295. The van der Waals surface area contributed by atoms with Gasteiger partial charge in [0.2, 0.25) is 5.13 Å². The van der Waals surface area contributed by atoms with Crippen LogP contribution in [0.25, 0.3) is 0 Å². The zero-order valence-electron chi connectivity index (χ0n) is 7.74. The molecule has 0 aliphatic heterocycles. The molecule has 0 radical (unpaired) electrons. The summed E-state index contributed by atoms with van der Waals surface area (Å²) in [5, 5.41) is 15.4. The Hall–Kier alpha value is -0.940. The van der Waals surface area contributed by atoms with Gasteiger partial charge >= 0.3 is 0 Å². The molecule has 0 aliphatic rings. The van der Waals surface area contributed by atoms with Crippen LogP contribution >= 0.6 is 11.3 Å². The first-order valence-electron chi connectivity index (χ1n) is 4.04. The second-order valence-electron chi connectivity index (χ2n) is 2.73. The molecule has 0 saturated carbocycles. The first-order chi connectivity index (χ1) is 6.22. The van der Waals surface area contributed by atoms with Crippen LogP contribution in [0.1, 0.15) is 19.0 Å². The maximum Gasteiger partial charge on any atom is 0.203 e. The largest absolute Gasteiger partial charge is 0.396 e. The molecule has 0 aromatic carbocycles. The molecule has 1 aromatic rings. The SMILES string of the molecule is C/C(CCO)=N\Nc1nc(C)cs1. The fourth-order valence-corrected chi connectivity index (χ4v) is 1.40. The van der Waals surface area contributed by atoms with E-state index in [0.29, 0.717) is 6.42 Å². The molecule has 72 valence electrons. The van der Waals surface area contributed by atoms with Crippen LogP contribution in [-0.4, -0.2) is 22.4 Å². The summed E-state index contributed by atoms with van der Waals surface area (Å²) in [4.78, 5) is 4.18. The molecular formula is C8H13N3OS. The predicted octanol–water partition coefficient (Wildman–Crippen LogP) is 1.62. The Kier molecular flexibility index (Phi) is 3.85. The summed E-state index contributed by atoms with van der Waals surface area (Å²) in [5.74, 6) is 0. The van der Waals surface area contributed by atoms with Crippen LogP contribution in [0.4, 0.5) is 5.13 Å². The van der Waals surface area contributed by atoms with Gasteiger partial charge in [0.05, 0.1) is 5.69 Å². The van der Waals surface area contributed by atoms with Gasteiger partial charge in [-0.3, -0.25) is 5.43 Å². The Morgan fingerprint density at radius 2 is 2.54 bits per heavy atom. The number of hydrazone groups is 1. The first kappa shape index (κ1) is 10.1. The lowest BCUT2D eigenvalue weighted by atomic mass is 10.3. The van der Waals surface area contributed by atoms with Crippen molar-refractivity contribution in [2.24, 2.45) is 5.10 Å². The number of hydrogen-bond acceptors (Lipinski definition) is 5. The van der Waals surface area contributed by atoms with Crippen molar-refractivity contribution in [3.05, 3.63) is 11.1 Å². The molecule has 0 saturated heterocycles. The van der Waals surface area contributed by atoms with Gasteiger partial charge in [0.1, 0.15) is 0 Å². The van der Waals surface area contributed by atoms with Gasteiger partial charge in [-0.05, 0) is 13.8 Å². The zero-order valence-corrected chi connectivity index (χ0v) is 8.56. The second kappa shape index (κ2) is 4.94. The van der Waals surface area contributed by atoms with Crippen LogP contribution in [0, 0.1) is 6.92 Å². The van der Waals surface area contributed by atoms with Crippen molar-refractivity contribution in [3.63, 3.8) is 0 Å². The summed E-state index contributed by atoms with van der Waals surface area (Å²) >= 11 is 1.52. The van der Waals surface area contributed by atoms with Gasteiger partial charge in [0.15, 0.2) is 0 Å². The third kappa shape index (κ3) is 3.52. The van der Waals surface area contributed by atoms with E-state index in [1.165, 1.54) is 11.3 Å². The molecule has 0 amide bonds. The highest BCUT2D eigenvalue weighted by Gasteiger charge is 1.95. The molecule has 0 fully saturated rings. The molecule has 0 aliphatic carbocycles. The number of nitrogens with zero attached hydrogens (tertiary/aromatic N) is 2. The summed E-state index contributed by atoms with van der Waals surface area (Å²) in [6, 6.07) is 0. The summed E-state index contributed by atoms with van der Waals surface area (Å²) in [7, 11) is 0. The monoisotopic (exact) mass is 199 g/mol. The Morgan fingerprint density at radius 3 is 3.08 bits per heavy atom.